The van der Waals surface area contributed by atoms with Gasteiger partial charge in [0.2, 0.25) is 5.91 Å². The molecule has 0 saturated heterocycles. The first-order valence-electron chi connectivity index (χ1n) is 7.68. The highest BCUT2D eigenvalue weighted by molar-refractivity contribution is 6.07. The molecule has 23 heavy (non-hydrogen) atoms. The minimum Gasteiger partial charge on any atom is -0.324 e. The molecule has 0 fully saturated rings. The van der Waals surface area contributed by atoms with E-state index < -0.39 is 0 Å². The fraction of sp³-hybridized carbons (Fsp3) is 0.353. The Bertz CT molecular complexity index is 693. The van der Waals surface area contributed by atoms with Crippen LogP contribution in [0.2, 0.25) is 0 Å². The van der Waals surface area contributed by atoms with E-state index in [1.807, 2.05) is 19.1 Å². The second-order valence-corrected chi connectivity index (χ2v) is 5.67. The Balaban J connectivity index is 2.08. The average Bonchev–Trinajstić information content (AvgIpc) is 2.95. The van der Waals surface area contributed by atoms with Crippen molar-refractivity contribution in [3.8, 4) is 0 Å². The van der Waals surface area contributed by atoms with Gasteiger partial charge in [-0.2, -0.15) is 5.10 Å². The van der Waals surface area contributed by atoms with E-state index in [1.165, 1.54) is 6.20 Å². The summed E-state index contributed by atoms with van der Waals surface area (Å²) >= 11 is 0. The van der Waals surface area contributed by atoms with E-state index in [1.54, 1.807) is 30.1 Å². The van der Waals surface area contributed by atoms with Crippen molar-refractivity contribution < 1.29 is 9.59 Å². The Kier molecular flexibility index (Phi) is 5.51. The average molecular weight is 314 g/mol. The lowest BCUT2D eigenvalue weighted by Gasteiger charge is -2.13. The lowest BCUT2D eigenvalue weighted by Crippen LogP contribution is -2.18. The van der Waals surface area contributed by atoms with E-state index in [0.29, 0.717) is 29.3 Å². The molecule has 0 unspecified atom stereocenters. The molecule has 0 aliphatic heterocycles. The number of carbonyl (C=O) groups excluding carboxylic acids is 2. The van der Waals surface area contributed by atoms with Crippen molar-refractivity contribution >= 4 is 23.2 Å². The van der Waals surface area contributed by atoms with E-state index in [0.717, 1.165) is 6.42 Å². The number of aryl methyl sites for hydroxylation is 1. The van der Waals surface area contributed by atoms with Gasteiger partial charge >= 0.3 is 0 Å². The van der Waals surface area contributed by atoms with Crippen LogP contribution in [-0.2, 0) is 11.8 Å². The van der Waals surface area contributed by atoms with Gasteiger partial charge in [-0.05, 0) is 18.1 Å². The van der Waals surface area contributed by atoms with Gasteiger partial charge in [0.15, 0.2) is 0 Å². The van der Waals surface area contributed by atoms with Crippen molar-refractivity contribution in [1.82, 2.24) is 9.78 Å². The molecule has 0 saturated carbocycles. The van der Waals surface area contributed by atoms with Crippen molar-refractivity contribution in [2.45, 2.75) is 26.7 Å². The first kappa shape index (κ1) is 16.7. The molecule has 0 aliphatic carbocycles. The summed E-state index contributed by atoms with van der Waals surface area (Å²) in [5.74, 6) is 0.0105. The Morgan fingerprint density at radius 2 is 1.87 bits per heavy atom. The molecule has 2 aromatic rings. The highest BCUT2D eigenvalue weighted by Crippen LogP contribution is 2.22. The maximum Gasteiger partial charge on any atom is 0.258 e. The Morgan fingerprint density at radius 1 is 1.22 bits per heavy atom. The largest absolute Gasteiger partial charge is 0.324 e. The standard InChI is InChI=1S/C17H22N4O2/c1-4-12(2)9-16(22)19-14-7-5-6-8-15(14)20-17(23)13-10-18-21(3)11-13/h5-8,10-12H,4,9H2,1-3H3,(H,19,22)(H,20,23)/t12-/m0/s1. The number of benzene rings is 1. The summed E-state index contributed by atoms with van der Waals surface area (Å²) in [4.78, 5) is 24.3. The third kappa shape index (κ3) is 4.67. The van der Waals surface area contributed by atoms with Gasteiger partial charge in [-0.3, -0.25) is 14.3 Å². The van der Waals surface area contributed by atoms with E-state index >= 15 is 0 Å². The van der Waals surface area contributed by atoms with E-state index in [9.17, 15) is 9.59 Å². The fourth-order valence-electron chi connectivity index (χ4n) is 2.10. The van der Waals surface area contributed by atoms with Gasteiger partial charge in [-0.25, -0.2) is 0 Å². The number of anilines is 2. The maximum absolute atomic E-state index is 12.2. The van der Waals surface area contributed by atoms with Gasteiger partial charge in [0.05, 0.1) is 23.1 Å². The monoisotopic (exact) mass is 314 g/mol. The van der Waals surface area contributed by atoms with Gasteiger partial charge in [-0.15, -0.1) is 0 Å². The molecule has 6 heteroatoms. The van der Waals surface area contributed by atoms with Crippen molar-refractivity contribution in [2.24, 2.45) is 13.0 Å². The van der Waals surface area contributed by atoms with Crippen LogP contribution in [-0.4, -0.2) is 21.6 Å². The second kappa shape index (κ2) is 7.58. The quantitative estimate of drug-likeness (QED) is 0.860. The summed E-state index contributed by atoms with van der Waals surface area (Å²) in [5, 5.41) is 9.65. The first-order valence-corrected chi connectivity index (χ1v) is 7.68. The molecule has 0 bridgehead atoms. The van der Waals surface area contributed by atoms with Crippen LogP contribution >= 0.6 is 0 Å². The minimum atomic E-state index is -0.262. The lowest BCUT2D eigenvalue weighted by molar-refractivity contribution is -0.117. The van der Waals surface area contributed by atoms with Crippen LogP contribution in [0.15, 0.2) is 36.7 Å². The van der Waals surface area contributed by atoms with E-state index in [2.05, 4.69) is 22.7 Å². The molecule has 0 radical (unpaired) electrons. The molecule has 122 valence electrons. The van der Waals surface area contributed by atoms with Crippen molar-refractivity contribution in [3.05, 3.63) is 42.2 Å². The number of para-hydroxylation sites is 2. The first-order chi connectivity index (χ1) is 11.0. The fourth-order valence-corrected chi connectivity index (χ4v) is 2.10. The van der Waals surface area contributed by atoms with Crippen molar-refractivity contribution in [3.63, 3.8) is 0 Å². The number of hydrogen-bond donors (Lipinski definition) is 2. The van der Waals surface area contributed by atoms with Crippen molar-refractivity contribution in [2.75, 3.05) is 10.6 Å². The Morgan fingerprint density at radius 3 is 2.43 bits per heavy atom. The molecule has 1 atom stereocenters. The van der Waals surface area contributed by atoms with Crippen LogP contribution in [0.4, 0.5) is 11.4 Å². The summed E-state index contributed by atoms with van der Waals surface area (Å²) in [6.45, 7) is 4.09. The van der Waals surface area contributed by atoms with Gasteiger partial charge in [-0.1, -0.05) is 32.4 Å². The van der Waals surface area contributed by atoms with Gasteiger partial charge in [0.1, 0.15) is 0 Å². The molecule has 1 heterocycles. The molecule has 1 aromatic carbocycles. The normalized spacial score (nSPS) is 11.8. The minimum absolute atomic E-state index is 0.0533. The molecule has 2 amide bonds. The molecule has 6 nitrogen and oxygen atoms in total. The zero-order chi connectivity index (χ0) is 16.8. The smallest absolute Gasteiger partial charge is 0.258 e. The third-order valence-corrected chi connectivity index (χ3v) is 3.65. The van der Waals surface area contributed by atoms with Crippen LogP contribution in [0.5, 0.6) is 0 Å². The molecule has 0 spiro atoms. The van der Waals surface area contributed by atoms with Crippen molar-refractivity contribution in [1.29, 1.82) is 0 Å². The molecular formula is C17H22N4O2. The second-order valence-electron chi connectivity index (χ2n) is 5.67. The van der Waals surface area contributed by atoms with E-state index in [-0.39, 0.29) is 11.8 Å². The maximum atomic E-state index is 12.2. The van der Waals surface area contributed by atoms with E-state index in [4.69, 9.17) is 0 Å². The molecule has 2 N–H and O–H groups in total. The lowest BCUT2D eigenvalue weighted by atomic mass is 10.0. The van der Waals surface area contributed by atoms with Crippen LogP contribution in [0.25, 0.3) is 0 Å². The van der Waals surface area contributed by atoms with Crippen LogP contribution in [0.3, 0.4) is 0 Å². The predicted octanol–water partition coefficient (Wildman–Crippen LogP) is 3.05. The molecular weight excluding hydrogens is 292 g/mol. The van der Waals surface area contributed by atoms with Gasteiger partial charge in [0.25, 0.3) is 5.91 Å². The highest BCUT2D eigenvalue weighted by atomic mass is 16.2. The van der Waals surface area contributed by atoms with Crippen LogP contribution < -0.4 is 10.6 Å². The number of amides is 2. The number of hydrogen-bond acceptors (Lipinski definition) is 3. The Labute approximate surface area is 135 Å². The molecule has 0 aliphatic rings. The summed E-state index contributed by atoms with van der Waals surface area (Å²) in [6, 6.07) is 7.16. The van der Waals surface area contributed by atoms with Gasteiger partial charge < -0.3 is 10.6 Å². The topological polar surface area (TPSA) is 76.0 Å². The van der Waals surface area contributed by atoms with Gasteiger partial charge in [0, 0.05) is 19.7 Å². The third-order valence-electron chi connectivity index (χ3n) is 3.65. The zero-order valence-corrected chi connectivity index (χ0v) is 13.7. The number of nitrogens with one attached hydrogen (secondary N) is 2. The number of rotatable bonds is 6. The summed E-state index contributed by atoms with van der Waals surface area (Å²) in [5.41, 5.74) is 1.63. The highest BCUT2D eigenvalue weighted by Gasteiger charge is 2.13. The zero-order valence-electron chi connectivity index (χ0n) is 13.7. The predicted molar refractivity (Wildman–Crippen MR) is 90.3 cm³/mol. The summed E-state index contributed by atoms with van der Waals surface area (Å²) in [6.07, 6.45) is 4.55. The summed E-state index contributed by atoms with van der Waals surface area (Å²) < 4.78 is 1.56. The molecule has 2 rings (SSSR count). The number of carbonyl (C=O) groups is 2. The molecule has 1 aromatic heterocycles. The number of aromatic nitrogens is 2. The SMILES string of the molecule is CC[C@H](C)CC(=O)Nc1ccccc1NC(=O)c1cnn(C)c1. The number of nitrogens with zero attached hydrogens (tertiary/aromatic N) is 2. The van der Waals surface area contributed by atoms with Crippen LogP contribution in [0.1, 0.15) is 37.0 Å². The summed E-state index contributed by atoms with van der Waals surface area (Å²) in [7, 11) is 1.75. The Hall–Kier alpha value is -2.63. The van der Waals surface area contributed by atoms with Crippen LogP contribution in [0, 0.1) is 5.92 Å².